The molecule has 2 rings (SSSR count). The van der Waals surface area contributed by atoms with Crippen molar-refractivity contribution in [2.45, 2.75) is 33.2 Å². The van der Waals surface area contributed by atoms with E-state index in [0.29, 0.717) is 16.2 Å². The summed E-state index contributed by atoms with van der Waals surface area (Å²) < 4.78 is 10.5. The lowest BCUT2D eigenvalue weighted by atomic mass is 10.1. The van der Waals surface area contributed by atoms with E-state index >= 15 is 0 Å². The van der Waals surface area contributed by atoms with Gasteiger partial charge in [0.25, 0.3) is 5.91 Å². The third kappa shape index (κ3) is 3.60. The first-order valence-electron chi connectivity index (χ1n) is 7.07. The van der Waals surface area contributed by atoms with Gasteiger partial charge in [0.1, 0.15) is 5.58 Å². The zero-order valence-corrected chi connectivity index (χ0v) is 13.5. The molecule has 5 nitrogen and oxygen atoms in total. The highest BCUT2D eigenvalue weighted by atomic mass is 35.5. The van der Waals surface area contributed by atoms with Crippen molar-refractivity contribution < 1.29 is 18.7 Å². The molecule has 6 heteroatoms. The normalized spacial score (nSPS) is 12.2. The molecule has 0 unspecified atom stereocenters. The SMILES string of the molecule is CC[C@H](C)NC(=O)COC(=O)c1oc2ccc(Cl)cc2c1C. The summed E-state index contributed by atoms with van der Waals surface area (Å²) >= 11 is 5.93. The largest absolute Gasteiger partial charge is 0.450 e. The molecule has 1 atom stereocenters. The van der Waals surface area contributed by atoms with Crippen molar-refractivity contribution >= 4 is 34.4 Å². The van der Waals surface area contributed by atoms with Crippen molar-refractivity contribution in [3.8, 4) is 0 Å². The van der Waals surface area contributed by atoms with E-state index in [4.69, 9.17) is 20.8 Å². The zero-order chi connectivity index (χ0) is 16.3. The minimum atomic E-state index is -0.663. The average Bonchev–Trinajstić information content (AvgIpc) is 2.81. The van der Waals surface area contributed by atoms with Gasteiger partial charge in [-0.2, -0.15) is 0 Å². The van der Waals surface area contributed by atoms with Crippen molar-refractivity contribution in [1.82, 2.24) is 5.32 Å². The highest BCUT2D eigenvalue weighted by Crippen LogP contribution is 2.28. The number of hydrogen-bond donors (Lipinski definition) is 1. The summed E-state index contributed by atoms with van der Waals surface area (Å²) in [6.45, 7) is 5.26. The molecule has 0 bridgehead atoms. The van der Waals surface area contributed by atoms with Gasteiger partial charge in [-0.05, 0) is 38.5 Å². The summed E-state index contributed by atoms with van der Waals surface area (Å²) in [5, 5.41) is 4.03. The van der Waals surface area contributed by atoms with Crippen LogP contribution in [0.15, 0.2) is 22.6 Å². The lowest BCUT2D eigenvalue weighted by Crippen LogP contribution is -2.35. The first-order chi connectivity index (χ1) is 10.4. The summed E-state index contributed by atoms with van der Waals surface area (Å²) in [7, 11) is 0. The first kappa shape index (κ1) is 16.4. The van der Waals surface area contributed by atoms with Crippen LogP contribution in [0.25, 0.3) is 11.0 Å². The van der Waals surface area contributed by atoms with Gasteiger partial charge in [-0.15, -0.1) is 0 Å². The molecule has 0 aliphatic heterocycles. The maximum Gasteiger partial charge on any atom is 0.375 e. The van der Waals surface area contributed by atoms with Crippen LogP contribution in [0.4, 0.5) is 0 Å². The van der Waals surface area contributed by atoms with Crippen molar-refractivity contribution in [2.75, 3.05) is 6.61 Å². The zero-order valence-electron chi connectivity index (χ0n) is 12.7. The second kappa shape index (κ2) is 6.83. The molecule has 0 aliphatic rings. The van der Waals surface area contributed by atoms with Gasteiger partial charge in [-0.1, -0.05) is 18.5 Å². The van der Waals surface area contributed by atoms with Crippen LogP contribution in [-0.4, -0.2) is 24.5 Å². The highest BCUT2D eigenvalue weighted by Gasteiger charge is 2.20. The number of nitrogens with one attached hydrogen (secondary N) is 1. The quantitative estimate of drug-likeness (QED) is 0.855. The average molecular weight is 324 g/mol. The summed E-state index contributed by atoms with van der Waals surface area (Å²) in [6, 6.07) is 5.14. The summed E-state index contributed by atoms with van der Waals surface area (Å²) in [4.78, 5) is 23.7. The molecule has 2 aromatic rings. The van der Waals surface area contributed by atoms with Gasteiger partial charge in [-0.3, -0.25) is 4.79 Å². The molecular formula is C16H18ClNO4. The number of fused-ring (bicyclic) bond motifs is 1. The second-order valence-electron chi connectivity index (χ2n) is 5.15. The predicted octanol–water partition coefficient (Wildman–Crippen LogP) is 3.47. The Morgan fingerprint density at radius 3 is 2.82 bits per heavy atom. The van der Waals surface area contributed by atoms with Crippen LogP contribution in [0.1, 0.15) is 36.4 Å². The number of esters is 1. The van der Waals surface area contributed by atoms with Crippen LogP contribution >= 0.6 is 11.6 Å². The lowest BCUT2D eigenvalue weighted by molar-refractivity contribution is -0.124. The minimum Gasteiger partial charge on any atom is -0.450 e. The van der Waals surface area contributed by atoms with Gasteiger partial charge >= 0.3 is 5.97 Å². The number of carbonyl (C=O) groups is 2. The third-order valence-electron chi connectivity index (χ3n) is 3.44. The van der Waals surface area contributed by atoms with Crippen LogP contribution < -0.4 is 5.32 Å². The van der Waals surface area contributed by atoms with Crippen LogP contribution in [0.5, 0.6) is 0 Å². The van der Waals surface area contributed by atoms with E-state index in [2.05, 4.69) is 5.32 Å². The van der Waals surface area contributed by atoms with Gasteiger partial charge in [0.2, 0.25) is 5.76 Å². The Morgan fingerprint density at radius 2 is 2.14 bits per heavy atom. The topological polar surface area (TPSA) is 68.5 Å². The molecule has 0 saturated carbocycles. The van der Waals surface area contributed by atoms with E-state index in [-0.39, 0.29) is 24.3 Å². The monoisotopic (exact) mass is 323 g/mol. The number of halogens is 1. The van der Waals surface area contributed by atoms with Gasteiger partial charge in [-0.25, -0.2) is 4.79 Å². The van der Waals surface area contributed by atoms with Crippen LogP contribution in [0.2, 0.25) is 5.02 Å². The number of furan rings is 1. The Bertz CT molecular complexity index is 707. The molecular weight excluding hydrogens is 306 g/mol. The molecule has 1 aromatic carbocycles. The van der Waals surface area contributed by atoms with Crippen molar-refractivity contribution in [3.05, 3.63) is 34.5 Å². The number of amides is 1. The maximum atomic E-state index is 12.1. The molecule has 0 radical (unpaired) electrons. The molecule has 22 heavy (non-hydrogen) atoms. The second-order valence-corrected chi connectivity index (χ2v) is 5.59. The van der Waals surface area contributed by atoms with E-state index in [0.717, 1.165) is 11.8 Å². The fraction of sp³-hybridized carbons (Fsp3) is 0.375. The van der Waals surface area contributed by atoms with E-state index in [1.165, 1.54) is 0 Å². The minimum absolute atomic E-state index is 0.0429. The number of hydrogen-bond acceptors (Lipinski definition) is 4. The van der Waals surface area contributed by atoms with Crippen molar-refractivity contribution in [2.24, 2.45) is 0 Å². The highest BCUT2D eigenvalue weighted by molar-refractivity contribution is 6.31. The van der Waals surface area contributed by atoms with E-state index < -0.39 is 5.97 Å². The fourth-order valence-electron chi connectivity index (χ4n) is 2.00. The number of ether oxygens (including phenoxy) is 1. The van der Waals surface area contributed by atoms with Crippen LogP contribution in [0, 0.1) is 6.92 Å². The number of aryl methyl sites for hydroxylation is 1. The molecule has 1 aromatic heterocycles. The van der Waals surface area contributed by atoms with Crippen molar-refractivity contribution in [3.63, 3.8) is 0 Å². The van der Waals surface area contributed by atoms with Gasteiger partial charge in [0, 0.05) is 22.0 Å². The van der Waals surface area contributed by atoms with Gasteiger partial charge in [0.15, 0.2) is 6.61 Å². The predicted molar refractivity (Wildman–Crippen MR) is 84.1 cm³/mol. The third-order valence-corrected chi connectivity index (χ3v) is 3.67. The molecule has 118 valence electrons. The maximum absolute atomic E-state index is 12.1. The van der Waals surface area contributed by atoms with E-state index in [1.54, 1.807) is 25.1 Å². The smallest absolute Gasteiger partial charge is 0.375 e. The Morgan fingerprint density at radius 1 is 1.41 bits per heavy atom. The molecule has 1 heterocycles. The number of carbonyl (C=O) groups excluding carboxylic acids is 2. The molecule has 0 saturated heterocycles. The summed E-state index contributed by atoms with van der Waals surface area (Å²) in [6.07, 6.45) is 0.809. The number of benzene rings is 1. The molecule has 1 N–H and O–H groups in total. The Hall–Kier alpha value is -2.01. The van der Waals surface area contributed by atoms with E-state index in [1.807, 2.05) is 13.8 Å². The van der Waals surface area contributed by atoms with E-state index in [9.17, 15) is 9.59 Å². The Kier molecular flexibility index (Phi) is 5.08. The summed E-state index contributed by atoms with van der Waals surface area (Å²) in [5.41, 5.74) is 1.20. The van der Waals surface area contributed by atoms with Gasteiger partial charge in [0.05, 0.1) is 0 Å². The van der Waals surface area contributed by atoms with Gasteiger partial charge < -0.3 is 14.5 Å². The molecule has 0 fully saturated rings. The van der Waals surface area contributed by atoms with Crippen LogP contribution in [-0.2, 0) is 9.53 Å². The number of rotatable bonds is 5. The lowest BCUT2D eigenvalue weighted by Gasteiger charge is -2.11. The van der Waals surface area contributed by atoms with Crippen molar-refractivity contribution in [1.29, 1.82) is 0 Å². The molecule has 1 amide bonds. The fourth-order valence-corrected chi connectivity index (χ4v) is 2.18. The summed E-state index contributed by atoms with van der Waals surface area (Å²) in [5.74, 6) is -0.905. The van der Waals surface area contributed by atoms with Crippen LogP contribution in [0.3, 0.4) is 0 Å². The first-order valence-corrected chi connectivity index (χ1v) is 7.45. The Balaban J connectivity index is 2.07. The molecule has 0 spiro atoms. The standard InChI is InChI=1S/C16H18ClNO4/c1-4-9(2)18-14(19)8-21-16(20)15-10(3)12-7-11(17)5-6-13(12)22-15/h5-7,9H,4,8H2,1-3H3,(H,18,19)/t9-/m0/s1. The molecule has 0 aliphatic carbocycles. The Labute approximate surface area is 133 Å².